The van der Waals surface area contributed by atoms with Gasteiger partial charge in [0.25, 0.3) is 0 Å². The SMILES string of the molecule is [O-][n+]1[c]c(F)cc(Br)c1. The Hall–Kier alpha value is -0.640. The molecule has 0 aromatic carbocycles. The van der Waals surface area contributed by atoms with Crippen LogP contribution < -0.4 is 4.73 Å². The number of hydrogen-bond acceptors (Lipinski definition) is 1. The normalized spacial score (nSPS) is 9.56. The van der Waals surface area contributed by atoms with Crippen molar-refractivity contribution in [3.8, 4) is 0 Å². The summed E-state index contributed by atoms with van der Waals surface area (Å²) in [5.74, 6) is -0.667. The van der Waals surface area contributed by atoms with E-state index in [4.69, 9.17) is 0 Å². The Kier molecular flexibility index (Phi) is 1.66. The van der Waals surface area contributed by atoms with Crippen LogP contribution in [0.1, 0.15) is 0 Å². The predicted octanol–water partition coefficient (Wildman–Crippen LogP) is 1.02. The zero-order valence-electron chi connectivity index (χ0n) is 4.27. The Morgan fingerprint density at radius 3 is 2.89 bits per heavy atom. The molecule has 0 aliphatic carbocycles. The van der Waals surface area contributed by atoms with Crippen LogP contribution in [0.15, 0.2) is 16.7 Å². The number of aromatic nitrogens is 1. The fourth-order valence-corrected chi connectivity index (χ4v) is 0.827. The second-order valence-corrected chi connectivity index (χ2v) is 2.36. The van der Waals surface area contributed by atoms with E-state index in [1.807, 2.05) is 6.20 Å². The zero-order chi connectivity index (χ0) is 6.85. The Morgan fingerprint density at radius 1 is 1.78 bits per heavy atom. The lowest BCUT2D eigenvalue weighted by Gasteiger charge is -1.92. The number of pyridine rings is 1. The molecule has 9 heavy (non-hydrogen) atoms. The fraction of sp³-hybridized carbons (Fsp3) is 0. The van der Waals surface area contributed by atoms with Gasteiger partial charge in [-0.15, -0.1) is 0 Å². The third kappa shape index (κ3) is 1.64. The number of rotatable bonds is 0. The van der Waals surface area contributed by atoms with Crippen molar-refractivity contribution in [3.05, 3.63) is 34.0 Å². The van der Waals surface area contributed by atoms with Crippen molar-refractivity contribution >= 4 is 15.9 Å². The van der Waals surface area contributed by atoms with Crippen LogP contribution in [0.2, 0.25) is 0 Å². The molecule has 0 atom stereocenters. The first-order valence-corrected chi connectivity index (χ1v) is 2.95. The second kappa shape index (κ2) is 2.31. The highest BCUT2D eigenvalue weighted by molar-refractivity contribution is 9.10. The average Bonchev–Trinajstić information content (AvgIpc) is 1.59. The Morgan fingerprint density at radius 2 is 2.44 bits per heavy atom. The van der Waals surface area contributed by atoms with E-state index in [-0.39, 0.29) is 4.73 Å². The van der Waals surface area contributed by atoms with E-state index < -0.39 is 5.82 Å². The van der Waals surface area contributed by atoms with Crippen LogP contribution in [0.3, 0.4) is 0 Å². The molecule has 0 unspecified atom stereocenters. The van der Waals surface area contributed by atoms with Gasteiger partial charge < -0.3 is 5.21 Å². The highest BCUT2D eigenvalue weighted by Crippen LogP contribution is 2.05. The van der Waals surface area contributed by atoms with Crippen LogP contribution in [0.25, 0.3) is 0 Å². The summed E-state index contributed by atoms with van der Waals surface area (Å²) in [5.41, 5.74) is 0. The molecule has 1 aromatic heterocycles. The molecule has 1 heterocycles. The summed E-state index contributed by atoms with van der Waals surface area (Å²) in [6.45, 7) is 0. The molecule has 0 saturated carbocycles. The molecule has 4 heteroatoms. The van der Waals surface area contributed by atoms with Crippen molar-refractivity contribution < 1.29 is 9.12 Å². The molecule has 0 N–H and O–H groups in total. The highest BCUT2D eigenvalue weighted by atomic mass is 79.9. The zero-order valence-corrected chi connectivity index (χ0v) is 5.85. The quantitative estimate of drug-likeness (QED) is 0.444. The van der Waals surface area contributed by atoms with E-state index in [2.05, 4.69) is 15.9 Å². The first-order valence-electron chi connectivity index (χ1n) is 2.16. The minimum absolute atomic E-state index is 0.277. The summed E-state index contributed by atoms with van der Waals surface area (Å²) in [4.78, 5) is 0. The lowest BCUT2D eigenvalue weighted by Crippen LogP contribution is -2.25. The Labute approximate surface area is 59.6 Å². The van der Waals surface area contributed by atoms with Crippen LogP contribution in [0.4, 0.5) is 4.39 Å². The number of hydrogen-bond donors (Lipinski definition) is 0. The minimum Gasteiger partial charge on any atom is -0.618 e. The Balaban J connectivity index is 3.17. The summed E-state index contributed by atoms with van der Waals surface area (Å²) in [7, 11) is 0. The molecule has 1 radical (unpaired) electrons. The highest BCUT2D eigenvalue weighted by Gasteiger charge is 1.99. The maximum Gasteiger partial charge on any atom is 0.329 e. The van der Waals surface area contributed by atoms with Crippen LogP contribution in [-0.2, 0) is 0 Å². The first kappa shape index (κ1) is 6.48. The van der Waals surface area contributed by atoms with E-state index in [0.717, 1.165) is 6.07 Å². The van der Waals surface area contributed by atoms with Gasteiger partial charge in [-0.25, -0.2) is 0 Å². The summed E-state index contributed by atoms with van der Waals surface area (Å²) in [5, 5.41) is 10.3. The summed E-state index contributed by atoms with van der Waals surface area (Å²) < 4.78 is 12.8. The maximum absolute atomic E-state index is 12.1. The predicted molar refractivity (Wildman–Crippen MR) is 31.9 cm³/mol. The minimum atomic E-state index is -0.667. The van der Waals surface area contributed by atoms with Crippen molar-refractivity contribution in [2.75, 3.05) is 0 Å². The van der Waals surface area contributed by atoms with Gasteiger partial charge in [0.2, 0.25) is 5.82 Å². The first-order chi connectivity index (χ1) is 4.18. The van der Waals surface area contributed by atoms with Crippen LogP contribution in [0, 0.1) is 17.2 Å². The largest absolute Gasteiger partial charge is 0.618 e. The smallest absolute Gasteiger partial charge is 0.329 e. The number of nitrogens with zero attached hydrogens (tertiary/aromatic N) is 1. The van der Waals surface area contributed by atoms with Gasteiger partial charge in [0.15, 0.2) is 6.20 Å². The van der Waals surface area contributed by atoms with E-state index in [0.29, 0.717) is 4.47 Å². The van der Waals surface area contributed by atoms with Gasteiger partial charge in [-0.05, 0) is 15.9 Å². The molecule has 0 saturated heterocycles. The van der Waals surface area contributed by atoms with Crippen molar-refractivity contribution in [2.24, 2.45) is 0 Å². The monoisotopic (exact) mass is 190 g/mol. The van der Waals surface area contributed by atoms with Crippen molar-refractivity contribution in [2.45, 2.75) is 0 Å². The van der Waals surface area contributed by atoms with Crippen LogP contribution in [0.5, 0.6) is 0 Å². The van der Waals surface area contributed by atoms with Gasteiger partial charge in [0, 0.05) is 6.07 Å². The average molecular weight is 191 g/mol. The molecule has 0 bridgehead atoms. The van der Waals surface area contributed by atoms with E-state index in [1.54, 1.807) is 0 Å². The molecule has 1 rings (SSSR count). The lowest BCUT2D eigenvalue weighted by atomic mass is 10.5. The topological polar surface area (TPSA) is 26.9 Å². The third-order valence-corrected chi connectivity index (χ3v) is 1.16. The van der Waals surface area contributed by atoms with E-state index in [1.165, 1.54) is 6.20 Å². The second-order valence-electron chi connectivity index (χ2n) is 1.44. The molecule has 47 valence electrons. The molecule has 0 amide bonds. The molecule has 1 aromatic rings. The molecule has 0 aliphatic heterocycles. The molecule has 0 spiro atoms. The summed E-state index contributed by atoms with van der Waals surface area (Å²) >= 11 is 2.93. The van der Waals surface area contributed by atoms with Gasteiger partial charge >= 0.3 is 6.20 Å². The molecule has 0 fully saturated rings. The van der Waals surface area contributed by atoms with Gasteiger partial charge in [-0.2, -0.15) is 9.12 Å². The van der Waals surface area contributed by atoms with E-state index >= 15 is 0 Å². The maximum atomic E-state index is 12.1. The number of halogens is 2. The molecule has 2 nitrogen and oxygen atoms in total. The van der Waals surface area contributed by atoms with Gasteiger partial charge in [0.1, 0.15) is 0 Å². The fourth-order valence-electron chi connectivity index (χ4n) is 0.440. The molecular formula is C5H2BrFNO. The van der Waals surface area contributed by atoms with Crippen molar-refractivity contribution in [1.82, 2.24) is 0 Å². The standard InChI is InChI=1S/C5H2BrFNO/c6-4-1-5(7)3-8(9)2-4/h1-2H. The lowest BCUT2D eigenvalue weighted by molar-refractivity contribution is -0.612. The van der Waals surface area contributed by atoms with Gasteiger partial charge in [-0.1, -0.05) is 0 Å². The third-order valence-electron chi connectivity index (χ3n) is 0.722. The van der Waals surface area contributed by atoms with Crippen molar-refractivity contribution in [3.63, 3.8) is 0 Å². The van der Waals surface area contributed by atoms with Crippen LogP contribution >= 0.6 is 15.9 Å². The van der Waals surface area contributed by atoms with E-state index in [9.17, 15) is 9.60 Å². The summed E-state index contributed by atoms with van der Waals surface area (Å²) in [6, 6.07) is 1.16. The van der Waals surface area contributed by atoms with Gasteiger partial charge in [-0.3, -0.25) is 0 Å². The molecular weight excluding hydrogens is 189 g/mol. The van der Waals surface area contributed by atoms with Crippen molar-refractivity contribution in [1.29, 1.82) is 0 Å². The van der Waals surface area contributed by atoms with Gasteiger partial charge in [0.05, 0.1) is 4.47 Å². The van der Waals surface area contributed by atoms with Crippen LogP contribution in [-0.4, -0.2) is 0 Å². The Bertz CT molecular complexity index is 178. The molecule has 0 aliphatic rings. The summed E-state index contributed by atoms with van der Waals surface area (Å²) in [6.07, 6.45) is 3.05.